The Bertz CT molecular complexity index is 145. The SMILES string of the molecule is CCCCCCCCCCN(C)CC(O)O.Cl. The minimum Gasteiger partial charge on any atom is -0.367 e. The van der Waals surface area contributed by atoms with Crippen LogP contribution in [0.1, 0.15) is 58.3 Å². The van der Waals surface area contributed by atoms with Crippen molar-refractivity contribution in [2.24, 2.45) is 0 Å². The maximum absolute atomic E-state index is 8.76. The molecule has 106 valence electrons. The molecule has 0 atom stereocenters. The number of halogens is 1. The summed E-state index contributed by atoms with van der Waals surface area (Å²) in [5.74, 6) is 0. The summed E-state index contributed by atoms with van der Waals surface area (Å²) >= 11 is 0. The molecule has 0 unspecified atom stereocenters. The Morgan fingerprint density at radius 2 is 1.35 bits per heavy atom. The number of hydrogen-bond donors (Lipinski definition) is 2. The highest BCUT2D eigenvalue weighted by Crippen LogP contribution is 2.08. The number of likely N-dealkylation sites (N-methyl/N-ethyl adjacent to an activating group) is 1. The van der Waals surface area contributed by atoms with Gasteiger partial charge in [-0.05, 0) is 20.0 Å². The first-order chi connectivity index (χ1) is 7.66. The van der Waals surface area contributed by atoms with Crippen LogP contribution in [0.2, 0.25) is 0 Å². The lowest BCUT2D eigenvalue weighted by Crippen LogP contribution is -2.29. The van der Waals surface area contributed by atoms with E-state index in [0.717, 1.165) is 13.0 Å². The van der Waals surface area contributed by atoms with E-state index in [0.29, 0.717) is 6.54 Å². The third kappa shape index (κ3) is 16.2. The monoisotopic (exact) mass is 267 g/mol. The summed E-state index contributed by atoms with van der Waals surface area (Å²) in [5.41, 5.74) is 0. The van der Waals surface area contributed by atoms with E-state index in [1.165, 1.54) is 44.9 Å². The zero-order valence-electron chi connectivity index (χ0n) is 11.4. The summed E-state index contributed by atoms with van der Waals surface area (Å²) in [6.45, 7) is 3.56. The molecular formula is C13H30ClNO2. The van der Waals surface area contributed by atoms with Crippen molar-refractivity contribution in [1.29, 1.82) is 0 Å². The second-order valence-electron chi connectivity index (χ2n) is 4.72. The highest BCUT2D eigenvalue weighted by atomic mass is 35.5. The van der Waals surface area contributed by atoms with Crippen LogP contribution in [0.15, 0.2) is 0 Å². The maximum Gasteiger partial charge on any atom is 0.164 e. The van der Waals surface area contributed by atoms with Crippen LogP contribution in [-0.4, -0.2) is 41.5 Å². The molecule has 0 heterocycles. The molecule has 0 aromatic carbocycles. The van der Waals surface area contributed by atoms with E-state index in [1.807, 2.05) is 11.9 Å². The van der Waals surface area contributed by atoms with Crippen LogP contribution in [-0.2, 0) is 0 Å². The summed E-state index contributed by atoms with van der Waals surface area (Å²) in [6, 6.07) is 0. The summed E-state index contributed by atoms with van der Waals surface area (Å²) in [7, 11) is 1.93. The minimum atomic E-state index is -1.20. The van der Waals surface area contributed by atoms with E-state index in [9.17, 15) is 0 Å². The van der Waals surface area contributed by atoms with Gasteiger partial charge in [-0.3, -0.25) is 0 Å². The first kappa shape index (κ1) is 19.5. The maximum atomic E-state index is 8.76. The van der Waals surface area contributed by atoms with Crippen molar-refractivity contribution in [3.63, 3.8) is 0 Å². The largest absolute Gasteiger partial charge is 0.367 e. The summed E-state index contributed by atoms with van der Waals surface area (Å²) in [4.78, 5) is 1.97. The van der Waals surface area contributed by atoms with Gasteiger partial charge in [0.25, 0.3) is 0 Å². The van der Waals surface area contributed by atoms with Gasteiger partial charge in [0.15, 0.2) is 6.29 Å². The minimum absolute atomic E-state index is 0. The highest BCUT2D eigenvalue weighted by molar-refractivity contribution is 5.85. The van der Waals surface area contributed by atoms with Crippen LogP contribution in [0.5, 0.6) is 0 Å². The van der Waals surface area contributed by atoms with E-state index < -0.39 is 6.29 Å². The molecule has 0 aliphatic rings. The zero-order chi connectivity index (χ0) is 12.2. The Morgan fingerprint density at radius 1 is 0.882 bits per heavy atom. The number of aliphatic hydroxyl groups excluding tert-OH is 1. The van der Waals surface area contributed by atoms with E-state index in [-0.39, 0.29) is 12.4 Å². The average molecular weight is 268 g/mol. The van der Waals surface area contributed by atoms with E-state index in [4.69, 9.17) is 10.2 Å². The molecule has 0 saturated carbocycles. The van der Waals surface area contributed by atoms with Gasteiger partial charge in [-0.15, -0.1) is 12.4 Å². The molecule has 0 spiro atoms. The zero-order valence-corrected chi connectivity index (χ0v) is 12.2. The van der Waals surface area contributed by atoms with Crippen molar-refractivity contribution in [2.75, 3.05) is 20.1 Å². The summed E-state index contributed by atoms with van der Waals surface area (Å²) in [6.07, 6.45) is 9.34. The first-order valence-electron chi connectivity index (χ1n) is 6.71. The van der Waals surface area contributed by atoms with Crippen molar-refractivity contribution in [2.45, 2.75) is 64.6 Å². The second-order valence-corrected chi connectivity index (χ2v) is 4.72. The van der Waals surface area contributed by atoms with Gasteiger partial charge in [0.05, 0.1) is 0 Å². The fraction of sp³-hybridized carbons (Fsp3) is 1.00. The standard InChI is InChI=1S/C13H29NO2.ClH/c1-3-4-5-6-7-8-9-10-11-14(2)12-13(15)16;/h13,15-16H,3-12H2,1-2H3;1H. The van der Waals surface area contributed by atoms with Crippen molar-refractivity contribution in [3.8, 4) is 0 Å². The quantitative estimate of drug-likeness (QED) is 0.447. The lowest BCUT2D eigenvalue weighted by Gasteiger charge is -2.17. The molecule has 0 amide bonds. The third-order valence-corrected chi connectivity index (χ3v) is 2.87. The van der Waals surface area contributed by atoms with Gasteiger partial charge in [0, 0.05) is 6.54 Å². The van der Waals surface area contributed by atoms with Gasteiger partial charge in [-0.2, -0.15) is 0 Å². The molecule has 0 aliphatic heterocycles. The number of nitrogens with zero attached hydrogens (tertiary/aromatic N) is 1. The fourth-order valence-corrected chi connectivity index (χ4v) is 1.89. The Morgan fingerprint density at radius 3 is 1.82 bits per heavy atom. The molecule has 0 aliphatic carbocycles. The van der Waals surface area contributed by atoms with Gasteiger partial charge in [-0.1, -0.05) is 51.9 Å². The van der Waals surface area contributed by atoms with Gasteiger partial charge in [0.1, 0.15) is 0 Å². The molecule has 0 saturated heterocycles. The van der Waals surface area contributed by atoms with Crippen molar-refractivity contribution >= 4 is 12.4 Å². The van der Waals surface area contributed by atoms with E-state index >= 15 is 0 Å². The van der Waals surface area contributed by atoms with Crippen LogP contribution in [0.25, 0.3) is 0 Å². The predicted molar refractivity (Wildman–Crippen MR) is 75.6 cm³/mol. The van der Waals surface area contributed by atoms with E-state index in [2.05, 4.69) is 6.92 Å². The number of rotatable bonds is 11. The lowest BCUT2D eigenvalue weighted by atomic mass is 10.1. The average Bonchev–Trinajstić information content (AvgIpc) is 2.21. The molecule has 0 rings (SSSR count). The molecule has 2 N–H and O–H groups in total. The Kier molecular flexibility index (Phi) is 16.3. The van der Waals surface area contributed by atoms with Crippen molar-refractivity contribution in [3.05, 3.63) is 0 Å². The molecule has 0 aromatic heterocycles. The number of hydrogen-bond acceptors (Lipinski definition) is 3. The molecule has 0 radical (unpaired) electrons. The van der Waals surface area contributed by atoms with Gasteiger partial charge >= 0.3 is 0 Å². The fourth-order valence-electron chi connectivity index (χ4n) is 1.89. The predicted octanol–water partition coefficient (Wildman–Crippen LogP) is 2.79. The van der Waals surface area contributed by atoms with Crippen LogP contribution < -0.4 is 0 Å². The van der Waals surface area contributed by atoms with Crippen molar-refractivity contribution < 1.29 is 10.2 Å². The topological polar surface area (TPSA) is 43.7 Å². The summed E-state index contributed by atoms with van der Waals surface area (Å²) in [5, 5.41) is 17.5. The third-order valence-electron chi connectivity index (χ3n) is 2.87. The number of aliphatic hydroxyl groups is 2. The van der Waals surface area contributed by atoms with E-state index in [1.54, 1.807) is 0 Å². The van der Waals surface area contributed by atoms with Crippen LogP contribution >= 0.6 is 12.4 Å². The molecule has 3 nitrogen and oxygen atoms in total. The Labute approximate surface area is 113 Å². The normalized spacial score (nSPS) is 10.9. The van der Waals surface area contributed by atoms with Gasteiger partial charge in [-0.25, -0.2) is 0 Å². The summed E-state index contributed by atoms with van der Waals surface area (Å²) < 4.78 is 0. The molecule has 0 bridgehead atoms. The van der Waals surface area contributed by atoms with Crippen LogP contribution in [0, 0.1) is 0 Å². The van der Waals surface area contributed by atoms with Gasteiger partial charge < -0.3 is 15.1 Å². The highest BCUT2D eigenvalue weighted by Gasteiger charge is 2.02. The Balaban J connectivity index is 0. The molecule has 17 heavy (non-hydrogen) atoms. The second kappa shape index (κ2) is 14.2. The molecular weight excluding hydrogens is 238 g/mol. The van der Waals surface area contributed by atoms with Crippen LogP contribution in [0.4, 0.5) is 0 Å². The Hall–Kier alpha value is 0.170. The molecule has 0 aromatic rings. The molecule has 4 heteroatoms. The molecule has 0 fully saturated rings. The van der Waals surface area contributed by atoms with Gasteiger partial charge in [0.2, 0.25) is 0 Å². The first-order valence-corrected chi connectivity index (χ1v) is 6.71. The lowest BCUT2D eigenvalue weighted by molar-refractivity contribution is -0.0573. The smallest absolute Gasteiger partial charge is 0.164 e. The van der Waals surface area contributed by atoms with Crippen molar-refractivity contribution in [1.82, 2.24) is 4.90 Å². The van der Waals surface area contributed by atoms with Crippen LogP contribution in [0.3, 0.4) is 0 Å². The number of unbranched alkanes of at least 4 members (excludes halogenated alkanes) is 7.